The fourth-order valence-electron chi connectivity index (χ4n) is 1.75. The molecule has 0 saturated heterocycles. The van der Waals surface area contributed by atoms with Gasteiger partial charge in [-0.3, -0.25) is 0 Å². The highest BCUT2D eigenvalue weighted by Gasteiger charge is 2.14. The molecule has 1 unspecified atom stereocenters. The van der Waals surface area contributed by atoms with E-state index in [1.54, 1.807) is 17.4 Å². The van der Waals surface area contributed by atoms with Gasteiger partial charge in [-0.05, 0) is 49.7 Å². The van der Waals surface area contributed by atoms with Crippen molar-refractivity contribution in [2.75, 3.05) is 6.54 Å². The molecule has 2 aromatic rings. The van der Waals surface area contributed by atoms with E-state index in [4.69, 9.17) is 10.5 Å². The summed E-state index contributed by atoms with van der Waals surface area (Å²) in [6.45, 7) is 4.27. The van der Waals surface area contributed by atoms with Crippen molar-refractivity contribution in [1.82, 2.24) is 0 Å². The average Bonchev–Trinajstić information content (AvgIpc) is 2.75. The molecule has 2 rings (SSSR count). The molecule has 0 spiro atoms. The first kappa shape index (κ1) is 13.1. The van der Waals surface area contributed by atoms with Crippen molar-refractivity contribution in [3.63, 3.8) is 0 Å². The van der Waals surface area contributed by atoms with E-state index in [-0.39, 0.29) is 11.9 Å². The Hall–Kier alpha value is -1.39. The lowest BCUT2D eigenvalue weighted by atomic mass is 10.2. The topological polar surface area (TPSA) is 35.2 Å². The van der Waals surface area contributed by atoms with Crippen LogP contribution in [0.15, 0.2) is 30.3 Å². The molecule has 0 saturated carbocycles. The summed E-state index contributed by atoms with van der Waals surface area (Å²) in [6, 6.07) is 8.58. The van der Waals surface area contributed by atoms with Crippen molar-refractivity contribution < 1.29 is 9.13 Å². The van der Waals surface area contributed by atoms with E-state index in [0.717, 1.165) is 10.4 Å². The van der Waals surface area contributed by atoms with Crippen molar-refractivity contribution >= 4 is 11.3 Å². The summed E-state index contributed by atoms with van der Waals surface area (Å²) < 4.78 is 18.9. The molecule has 0 fully saturated rings. The SMILES string of the molecule is Cc1ccc(C(CN)Oc2ccc(F)cc2C)s1. The molecule has 18 heavy (non-hydrogen) atoms. The molecule has 2 nitrogen and oxygen atoms in total. The van der Waals surface area contributed by atoms with Crippen molar-refractivity contribution in [2.24, 2.45) is 5.73 Å². The molecular weight excluding hydrogens is 249 g/mol. The van der Waals surface area contributed by atoms with E-state index in [0.29, 0.717) is 12.3 Å². The van der Waals surface area contributed by atoms with Gasteiger partial charge >= 0.3 is 0 Å². The van der Waals surface area contributed by atoms with Crippen LogP contribution in [0.5, 0.6) is 5.75 Å². The van der Waals surface area contributed by atoms with E-state index in [1.165, 1.54) is 17.0 Å². The molecule has 0 amide bonds. The summed E-state index contributed by atoms with van der Waals surface area (Å²) in [5, 5.41) is 0. The van der Waals surface area contributed by atoms with Crippen LogP contribution in [0.2, 0.25) is 0 Å². The van der Waals surface area contributed by atoms with Crippen LogP contribution >= 0.6 is 11.3 Å². The minimum Gasteiger partial charge on any atom is -0.483 e. The van der Waals surface area contributed by atoms with Crippen LogP contribution in [0.1, 0.15) is 21.4 Å². The summed E-state index contributed by atoms with van der Waals surface area (Å²) in [5.41, 5.74) is 6.53. The molecule has 0 aliphatic rings. The van der Waals surface area contributed by atoms with Crippen LogP contribution < -0.4 is 10.5 Å². The highest BCUT2D eigenvalue weighted by Crippen LogP contribution is 2.28. The van der Waals surface area contributed by atoms with Crippen LogP contribution in [0.3, 0.4) is 0 Å². The molecule has 1 heterocycles. The van der Waals surface area contributed by atoms with E-state index in [9.17, 15) is 4.39 Å². The van der Waals surface area contributed by atoms with Crippen LogP contribution in [0.25, 0.3) is 0 Å². The molecule has 4 heteroatoms. The molecule has 0 aliphatic carbocycles. The van der Waals surface area contributed by atoms with Gasteiger partial charge in [0.2, 0.25) is 0 Å². The predicted molar refractivity (Wildman–Crippen MR) is 72.6 cm³/mol. The number of hydrogen-bond acceptors (Lipinski definition) is 3. The number of thiophene rings is 1. The minimum absolute atomic E-state index is 0.173. The van der Waals surface area contributed by atoms with Gasteiger partial charge in [0.15, 0.2) is 0 Å². The lowest BCUT2D eigenvalue weighted by molar-refractivity contribution is 0.216. The van der Waals surface area contributed by atoms with Crippen LogP contribution in [0.4, 0.5) is 4.39 Å². The summed E-state index contributed by atoms with van der Waals surface area (Å²) in [6.07, 6.45) is -0.173. The van der Waals surface area contributed by atoms with Gasteiger partial charge < -0.3 is 10.5 Å². The molecule has 1 atom stereocenters. The Balaban J connectivity index is 2.20. The van der Waals surface area contributed by atoms with Gasteiger partial charge in [-0.15, -0.1) is 11.3 Å². The lowest BCUT2D eigenvalue weighted by Gasteiger charge is -2.17. The number of nitrogens with two attached hydrogens (primary N) is 1. The van der Waals surface area contributed by atoms with Crippen molar-refractivity contribution in [2.45, 2.75) is 20.0 Å². The second-order valence-corrected chi connectivity index (χ2v) is 5.52. The fraction of sp³-hybridized carbons (Fsp3) is 0.286. The maximum Gasteiger partial charge on any atom is 0.145 e. The Kier molecular flexibility index (Phi) is 3.99. The van der Waals surface area contributed by atoms with Crippen molar-refractivity contribution in [1.29, 1.82) is 0 Å². The molecule has 1 aromatic heterocycles. The van der Waals surface area contributed by atoms with Gasteiger partial charge in [0.25, 0.3) is 0 Å². The Morgan fingerprint density at radius 2 is 2.06 bits per heavy atom. The van der Waals surface area contributed by atoms with E-state index < -0.39 is 0 Å². The Labute approximate surface area is 110 Å². The van der Waals surface area contributed by atoms with Gasteiger partial charge in [0.1, 0.15) is 17.7 Å². The summed E-state index contributed by atoms with van der Waals surface area (Å²) in [7, 11) is 0. The van der Waals surface area contributed by atoms with Crippen molar-refractivity contribution in [3.8, 4) is 5.75 Å². The number of benzene rings is 1. The van der Waals surface area contributed by atoms with Gasteiger partial charge in [0, 0.05) is 16.3 Å². The van der Waals surface area contributed by atoms with Gasteiger partial charge in [0.05, 0.1) is 0 Å². The van der Waals surface area contributed by atoms with Gasteiger partial charge in [-0.2, -0.15) is 0 Å². The third kappa shape index (κ3) is 2.89. The Morgan fingerprint density at radius 3 is 2.61 bits per heavy atom. The van der Waals surface area contributed by atoms with E-state index >= 15 is 0 Å². The maximum absolute atomic E-state index is 13.0. The minimum atomic E-state index is -0.254. The maximum atomic E-state index is 13.0. The first-order valence-electron chi connectivity index (χ1n) is 5.79. The Bertz CT molecular complexity index is 538. The highest BCUT2D eigenvalue weighted by molar-refractivity contribution is 7.12. The predicted octanol–water partition coefficient (Wildman–Crippen LogP) is 3.58. The number of ether oxygens (including phenoxy) is 1. The summed E-state index contributed by atoms with van der Waals surface area (Å²) in [5.74, 6) is 0.425. The molecule has 0 bridgehead atoms. The number of aryl methyl sites for hydroxylation is 2. The van der Waals surface area contributed by atoms with Gasteiger partial charge in [-0.1, -0.05) is 0 Å². The number of rotatable bonds is 4. The zero-order valence-electron chi connectivity index (χ0n) is 10.4. The lowest BCUT2D eigenvalue weighted by Crippen LogP contribution is -2.17. The highest BCUT2D eigenvalue weighted by atomic mass is 32.1. The molecule has 0 radical (unpaired) electrons. The number of hydrogen-bond donors (Lipinski definition) is 1. The van der Waals surface area contributed by atoms with Crippen molar-refractivity contribution in [3.05, 3.63) is 51.5 Å². The summed E-state index contributed by atoms with van der Waals surface area (Å²) in [4.78, 5) is 2.32. The number of halogens is 1. The van der Waals surface area contributed by atoms with Crippen LogP contribution in [0, 0.1) is 19.7 Å². The smallest absolute Gasteiger partial charge is 0.145 e. The monoisotopic (exact) mass is 265 g/mol. The Morgan fingerprint density at radius 1 is 1.28 bits per heavy atom. The molecular formula is C14H16FNOS. The zero-order valence-corrected chi connectivity index (χ0v) is 11.3. The zero-order chi connectivity index (χ0) is 13.1. The third-order valence-electron chi connectivity index (χ3n) is 2.70. The summed E-state index contributed by atoms with van der Waals surface area (Å²) >= 11 is 1.67. The molecule has 1 aromatic carbocycles. The second kappa shape index (κ2) is 5.50. The first-order chi connectivity index (χ1) is 8.60. The largest absolute Gasteiger partial charge is 0.483 e. The van der Waals surface area contributed by atoms with Gasteiger partial charge in [-0.25, -0.2) is 4.39 Å². The first-order valence-corrected chi connectivity index (χ1v) is 6.61. The molecule has 2 N–H and O–H groups in total. The molecule has 96 valence electrons. The van der Waals surface area contributed by atoms with E-state index in [2.05, 4.69) is 0 Å². The normalized spacial score (nSPS) is 12.4. The fourth-order valence-corrected chi connectivity index (χ4v) is 2.67. The molecule has 0 aliphatic heterocycles. The quantitative estimate of drug-likeness (QED) is 0.917. The third-order valence-corrected chi connectivity index (χ3v) is 3.79. The van der Waals surface area contributed by atoms with Crippen LogP contribution in [-0.2, 0) is 0 Å². The van der Waals surface area contributed by atoms with Crippen LogP contribution in [-0.4, -0.2) is 6.54 Å². The average molecular weight is 265 g/mol. The second-order valence-electron chi connectivity index (χ2n) is 4.20. The van der Waals surface area contributed by atoms with E-state index in [1.807, 2.05) is 26.0 Å². The standard InChI is InChI=1S/C14H16FNOS/c1-9-7-11(15)4-5-12(9)17-13(8-16)14-6-3-10(2)18-14/h3-7,13H,8,16H2,1-2H3.